The van der Waals surface area contributed by atoms with Crippen LogP contribution in [0, 0.1) is 5.82 Å². The van der Waals surface area contributed by atoms with Gasteiger partial charge in [0.2, 0.25) is 0 Å². The van der Waals surface area contributed by atoms with Crippen molar-refractivity contribution in [2.75, 3.05) is 20.5 Å². The van der Waals surface area contributed by atoms with Gasteiger partial charge in [-0.25, -0.2) is 23.9 Å². The van der Waals surface area contributed by atoms with E-state index in [0.29, 0.717) is 29.1 Å². The maximum Gasteiger partial charge on any atom is 0.410 e. The number of fused-ring (bicyclic) bond motifs is 2. The van der Waals surface area contributed by atoms with Gasteiger partial charge in [0.25, 0.3) is 0 Å². The quantitative estimate of drug-likeness (QED) is 0.171. The van der Waals surface area contributed by atoms with Crippen LogP contribution >= 0.6 is 0 Å². The number of hydrogen-bond acceptors (Lipinski definition) is 9. The number of methoxy groups -OCH3 is 1. The summed E-state index contributed by atoms with van der Waals surface area (Å²) in [5, 5.41) is 5.25. The van der Waals surface area contributed by atoms with E-state index in [9.17, 15) is 9.59 Å². The number of ether oxygens (including phenoxy) is 4. The molecule has 1 fully saturated rings. The number of likely N-dealkylation sites (tertiary alicyclic amines) is 1. The average molecular weight is 622 g/mol. The zero-order chi connectivity index (χ0) is 32.6. The Balaban J connectivity index is 1.57. The monoisotopic (exact) mass is 621 g/mol. The van der Waals surface area contributed by atoms with Crippen LogP contribution in [0.1, 0.15) is 76.4 Å². The first-order valence-electron chi connectivity index (χ1n) is 15.1. The van der Waals surface area contributed by atoms with Crippen molar-refractivity contribution in [2.45, 2.75) is 78.0 Å². The summed E-state index contributed by atoms with van der Waals surface area (Å²) in [6, 6.07) is 7.30. The second-order valence-corrected chi connectivity index (χ2v) is 12.5. The molecule has 240 valence electrons. The van der Waals surface area contributed by atoms with Crippen molar-refractivity contribution in [2.24, 2.45) is 7.05 Å². The SMILES string of the molecule is CCOC(=O)c1nc(-c2cc3cn(C)nc3c(F)c2OCOC)nc2ccc(C3C[C@@H](C)N(C(=O)OC(C)(C)C)[C@H](C)C3)cc12. The number of aromatic nitrogens is 4. The Bertz CT molecular complexity index is 1740. The van der Waals surface area contributed by atoms with Gasteiger partial charge in [0.05, 0.1) is 17.7 Å². The van der Waals surface area contributed by atoms with Gasteiger partial charge in [-0.05, 0) is 84.1 Å². The Morgan fingerprint density at radius 2 is 1.80 bits per heavy atom. The Morgan fingerprint density at radius 1 is 1.09 bits per heavy atom. The first-order chi connectivity index (χ1) is 21.3. The van der Waals surface area contributed by atoms with E-state index in [1.54, 1.807) is 26.2 Å². The van der Waals surface area contributed by atoms with E-state index in [1.165, 1.54) is 11.8 Å². The Kier molecular flexibility index (Phi) is 8.97. The van der Waals surface area contributed by atoms with Crippen LogP contribution in [0.2, 0.25) is 0 Å². The second-order valence-electron chi connectivity index (χ2n) is 12.5. The second kappa shape index (κ2) is 12.6. The van der Waals surface area contributed by atoms with Gasteiger partial charge in [0.15, 0.2) is 29.9 Å². The van der Waals surface area contributed by atoms with Gasteiger partial charge in [-0.2, -0.15) is 5.10 Å². The maximum atomic E-state index is 15.7. The molecule has 0 bridgehead atoms. The summed E-state index contributed by atoms with van der Waals surface area (Å²) in [7, 11) is 3.13. The lowest BCUT2D eigenvalue weighted by molar-refractivity contribution is -0.00257. The van der Waals surface area contributed by atoms with Crippen LogP contribution in [0.15, 0.2) is 30.5 Å². The largest absolute Gasteiger partial charge is 0.464 e. The molecule has 45 heavy (non-hydrogen) atoms. The third kappa shape index (κ3) is 6.56. The maximum absolute atomic E-state index is 15.7. The van der Waals surface area contributed by atoms with E-state index < -0.39 is 17.4 Å². The predicted molar refractivity (Wildman–Crippen MR) is 167 cm³/mol. The lowest BCUT2D eigenvalue weighted by Crippen LogP contribution is -2.51. The topological polar surface area (TPSA) is 118 Å². The standard InChI is InChI=1S/C33H40FN5O6/c1-9-43-31(40)28-23-14-20(21-12-18(2)39(19(3)13-21)32(41)45-33(4,5)6)10-11-25(23)35-30(36-28)24-15-22-16-38(7)37-27(22)26(34)29(24)44-17-42-8/h10-11,14-16,18-19,21H,9,12-13,17H2,1-8H3/t18-,19-/m1/s1. The number of amides is 1. The summed E-state index contributed by atoms with van der Waals surface area (Å²) in [6.07, 6.45) is 2.79. The predicted octanol–water partition coefficient (Wildman–Crippen LogP) is 6.37. The molecule has 1 aliphatic heterocycles. The van der Waals surface area contributed by atoms with E-state index in [2.05, 4.69) is 10.1 Å². The van der Waals surface area contributed by atoms with Crippen molar-refractivity contribution >= 4 is 33.9 Å². The molecular weight excluding hydrogens is 581 g/mol. The van der Waals surface area contributed by atoms with Gasteiger partial charge in [-0.15, -0.1) is 0 Å². The van der Waals surface area contributed by atoms with E-state index in [0.717, 1.165) is 5.56 Å². The minimum atomic E-state index is -0.683. The minimum Gasteiger partial charge on any atom is -0.464 e. The molecule has 0 spiro atoms. The third-order valence-electron chi connectivity index (χ3n) is 7.84. The van der Waals surface area contributed by atoms with Crippen molar-refractivity contribution in [1.82, 2.24) is 24.6 Å². The van der Waals surface area contributed by atoms with Gasteiger partial charge in [0, 0.05) is 43.2 Å². The number of carbonyl (C=O) groups excluding carboxylic acids is 2. The highest BCUT2D eigenvalue weighted by Crippen LogP contribution is 2.39. The molecule has 0 N–H and O–H groups in total. The Morgan fingerprint density at radius 3 is 2.44 bits per heavy atom. The van der Waals surface area contributed by atoms with Gasteiger partial charge in [-0.1, -0.05) is 6.07 Å². The molecule has 4 aromatic rings. The molecule has 0 aliphatic carbocycles. The highest BCUT2D eigenvalue weighted by Gasteiger charge is 2.37. The number of nitrogens with zero attached hydrogens (tertiary/aromatic N) is 5. The number of piperidine rings is 1. The van der Waals surface area contributed by atoms with Crippen LogP contribution in [0.5, 0.6) is 5.75 Å². The van der Waals surface area contributed by atoms with Gasteiger partial charge >= 0.3 is 12.1 Å². The molecule has 2 atom stereocenters. The molecule has 1 saturated heterocycles. The van der Waals surface area contributed by atoms with Crippen LogP contribution in [-0.2, 0) is 21.3 Å². The van der Waals surface area contributed by atoms with Crippen LogP contribution in [0.4, 0.5) is 9.18 Å². The average Bonchev–Trinajstić information content (AvgIpc) is 3.35. The summed E-state index contributed by atoms with van der Waals surface area (Å²) in [6.45, 7) is 11.3. The zero-order valence-corrected chi connectivity index (χ0v) is 27.0. The van der Waals surface area contributed by atoms with E-state index >= 15 is 4.39 Å². The molecule has 11 nitrogen and oxygen atoms in total. The smallest absolute Gasteiger partial charge is 0.410 e. The molecule has 1 amide bonds. The van der Waals surface area contributed by atoms with Crippen molar-refractivity contribution in [3.8, 4) is 17.1 Å². The first kappa shape index (κ1) is 32.1. The molecule has 2 aromatic carbocycles. The third-order valence-corrected chi connectivity index (χ3v) is 7.84. The Hall–Kier alpha value is -4.32. The highest BCUT2D eigenvalue weighted by atomic mass is 19.1. The van der Waals surface area contributed by atoms with Gasteiger partial charge in [0.1, 0.15) is 11.1 Å². The minimum absolute atomic E-state index is 0.0599. The number of hydrogen-bond donors (Lipinski definition) is 0. The number of esters is 1. The van der Waals surface area contributed by atoms with Crippen molar-refractivity contribution < 1.29 is 32.9 Å². The van der Waals surface area contributed by atoms with Crippen LogP contribution in [0.25, 0.3) is 33.2 Å². The fourth-order valence-electron chi connectivity index (χ4n) is 6.06. The summed E-state index contributed by atoms with van der Waals surface area (Å²) in [4.78, 5) is 37.4. The van der Waals surface area contributed by atoms with Gasteiger partial charge < -0.3 is 23.8 Å². The molecule has 0 saturated carbocycles. The lowest BCUT2D eigenvalue weighted by Gasteiger charge is -2.43. The number of carbonyl (C=O) groups is 2. The molecule has 0 radical (unpaired) electrons. The van der Waals surface area contributed by atoms with Crippen LogP contribution in [-0.4, -0.2) is 74.9 Å². The number of halogens is 1. The lowest BCUT2D eigenvalue weighted by atomic mass is 9.82. The van der Waals surface area contributed by atoms with Crippen molar-refractivity contribution in [3.05, 3.63) is 47.5 Å². The summed E-state index contributed by atoms with van der Waals surface area (Å²) >= 11 is 0. The molecule has 0 unspecified atom stereocenters. The number of benzene rings is 2. The fraction of sp³-hybridized carbons (Fsp3) is 0.485. The van der Waals surface area contributed by atoms with Crippen LogP contribution < -0.4 is 4.74 Å². The summed E-state index contributed by atoms with van der Waals surface area (Å²) < 4.78 is 38.9. The zero-order valence-electron chi connectivity index (χ0n) is 27.0. The summed E-state index contributed by atoms with van der Waals surface area (Å²) in [5.74, 6) is -1.22. The van der Waals surface area contributed by atoms with Crippen molar-refractivity contribution in [1.29, 1.82) is 0 Å². The Labute approximate surface area is 261 Å². The number of rotatable bonds is 7. The molecule has 3 heterocycles. The molecule has 1 aliphatic rings. The molecule has 12 heteroatoms. The van der Waals surface area contributed by atoms with Crippen molar-refractivity contribution in [3.63, 3.8) is 0 Å². The normalized spacial score (nSPS) is 18.8. The van der Waals surface area contributed by atoms with E-state index in [1.807, 2.05) is 57.7 Å². The highest BCUT2D eigenvalue weighted by molar-refractivity contribution is 6.02. The van der Waals surface area contributed by atoms with Gasteiger partial charge in [-0.3, -0.25) is 4.68 Å². The van der Waals surface area contributed by atoms with Crippen LogP contribution in [0.3, 0.4) is 0 Å². The first-order valence-corrected chi connectivity index (χ1v) is 15.1. The molecule has 2 aromatic heterocycles. The van der Waals surface area contributed by atoms with E-state index in [4.69, 9.17) is 23.9 Å². The molecule has 5 rings (SSSR count). The molecular formula is C33H40FN5O6. The summed E-state index contributed by atoms with van der Waals surface area (Å²) in [5.41, 5.74) is 1.35. The number of aryl methyl sites for hydroxylation is 1. The fourth-order valence-corrected chi connectivity index (χ4v) is 6.06. The van der Waals surface area contributed by atoms with E-state index in [-0.39, 0.29) is 65.8 Å².